The number of rotatable bonds is 20. The summed E-state index contributed by atoms with van der Waals surface area (Å²) in [5.74, 6) is -12.1. The molecule has 36 heteroatoms. The maximum Gasteiger partial charge on any atom is 1.00 e. The number of amides is 8. The van der Waals surface area contributed by atoms with Crippen LogP contribution in [0.4, 0.5) is 0 Å². The van der Waals surface area contributed by atoms with Crippen molar-refractivity contribution in [2.75, 3.05) is 19.7 Å². The van der Waals surface area contributed by atoms with Crippen LogP contribution in [0, 0.1) is 5.92 Å². The Labute approximate surface area is 560 Å². The van der Waals surface area contributed by atoms with Crippen molar-refractivity contribution in [2.45, 2.75) is 145 Å². The van der Waals surface area contributed by atoms with Gasteiger partial charge in [-0.05, 0) is 67.4 Å². The van der Waals surface area contributed by atoms with Crippen LogP contribution in [0.3, 0.4) is 0 Å². The Kier molecular flexibility index (Phi) is 25.8. The van der Waals surface area contributed by atoms with Crippen LogP contribution in [-0.4, -0.2) is 216 Å². The summed E-state index contributed by atoms with van der Waals surface area (Å²) in [6.45, 7) is 3.92. The molecule has 3 fully saturated rings. The average Bonchev–Trinajstić information content (AvgIpc) is 1.71. The number of hydrogen-bond donors (Lipinski definition) is 15. The minimum absolute atomic E-state index is 0. The van der Waals surface area contributed by atoms with Crippen molar-refractivity contribution in [3.05, 3.63) is 84.1 Å². The SMILES string of the molecule is CCCCCOc1ccc(-c2nn3cc(-c4ccc(C(=O)N[C@H]5CC(O)C(O)NC(=O)C6C(O)C(C)CN6C(=O)C(C(O)CC(N)=O)NC(=O)C(C(O)C(O)c6ccc(O)c(OSOO[O-])c6)NC(=O)C6CC(O)CN6C(=O)C(C(C)O)NC5=O)cc4)nc3s2)cc1.[Na+]. The summed E-state index contributed by atoms with van der Waals surface area (Å²) >= 11 is 1.23. The van der Waals surface area contributed by atoms with E-state index in [2.05, 4.69) is 42.7 Å². The molecular formula is C57H70N11NaO22S2. The van der Waals surface area contributed by atoms with Crippen LogP contribution in [0.25, 0.3) is 26.8 Å². The third-order valence-corrected chi connectivity index (χ3v) is 17.0. The van der Waals surface area contributed by atoms with Gasteiger partial charge in [0.15, 0.2) is 17.7 Å². The zero-order chi connectivity index (χ0) is 66.8. The van der Waals surface area contributed by atoms with Gasteiger partial charge in [-0.15, -0.1) is 4.33 Å². The van der Waals surface area contributed by atoms with E-state index in [0.29, 0.717) is 37.6 Å². The minimum Gasteiger partial charge on any atom is -0.691 e. The van der Waals surface area contributed by atoms with Gasteiger partial charge in [-0.2, -0.15) is 5.10 Å². The first-order valence-electron chi connectivity index (χ1n) is 29.0. The van der Waals surface area contributed by atoms with Crippen LogP contribution < -0.4 is 76.1 Å². The summed E-state index contributed by atoms with van der Waals surface area (Å²) < 4.78 is 16.5. The number of nitrogens with one attached hydrogen (secondary N) is 5. The molecule has 0 aliphatic carbocycles. The predicted molar refractivity (Wildman–Crippen MR) is 316 cm³/mol. The Bertz CT molecular complexity index is 3430. The molecule has 0 bridgehead atoms. The van der Waals surface area contributed by atoms with Gasteiger partial charge >= 0.3 is 29.6 Å². The number of primary amides is 1. The van der Waals surface area contributed by atoms with E-state index in [1.54, 1.807) is 22.8 Å². The zero-order valence-electron chi connectivity index (χ0n) is 50.4. The first-order valence-corrected chi connectivity index (χ1v) is 30.5. The second-order valence-electron chi connectivity index (χ2n) is 22.4. The first kappa shape index (κ1) is 73.2. The number of phenolic OH excluding ortho intramolecular Hbond substituents is 1. The van der Waals surface area contributed by atoms with Gasteiger partial charge in [0.2, 0.25) is 46.3 Å². The maximum atomic E-state index is 14.7. The third kappa shape index (κ3) is 17.8. The smallest absolute Gasteiger partial charge is 0.691 e. The van der Waals surface area contributed by atoms with Gasteiger partial charge in [0.1, 0.15) is 65.3 Å². The second kappa shape index (κ2) is 32.8. The van der Waals surface area contributed by atoms with Crippen molar-refractivity contribution in [3.63, 3.8) is 0 Å². The molecule has 0 spiro atoms. The maximum absolute atomic E-state index is 14.7. The Hall–Kier alpha value is -7.17. The Morgan fingerprint density at radius 1 is 0.828 bits per heavy atom. The van der Waals surface area contributed by atoms with Crippen molar-refractivity contribution >= 4 is 75.9 Å². The van der Waals surface area contributed by atoms with Crippen LogP contribution in [0.1, 0.15) is 81.3 Å². The van der Waals surface area contributed by atoms with Crippen LogP contribution >= 0.6 is 23.7 Å². The fourth-order valence-corrected chi connectivity index (χ4v) is 11.8. The number of ether oxygens (including phenoxy) is 1. The molecule has 5 heterocycles. The van der Waals surface area contributed by atoms with Gasteiger partial charge in [0.05, 0.1) is 49.3 Å². The standard InChI is InChI=1S/C57H71N11O22S2.Na/c1-4-5-6-17-87-32-14-11-29(12-15-32)54-65-68-24-34(60-57(68)91-54)27-7-9-28(10-8-27)48(78)59-33-20-38(73)51(81)64-53(83)44-45(75)25(2)22-67(44)56(85)42(37(72)21-40(58)74)62-52(82)43(47(77)46(76)30-13-16-36(71)39(18-30)88-92-90-89-86)63-50(80)35-19-31(70)23-66(35)55(84)41(26(3)69)61-49(33)79;/h7-16,18,24-26,31,33,35,37-38,41-47,51,69-73,75-77,81,86H,4-6,17,19-23H2,1-3H3,(H2,58,74)(H,59,78)(H,61,79)(H,62,82)(H,63,80)(H,64,83);/q;+1/p-1/t25?,26?,31?,33-,35?,37?,38?,41?,42?,43?,44?,45?,46?,47?,51?;/m0./s1. The Morgan fingerprint density at radius 2 is 1.49 bits per heavy atom. The molecule has 0 radical (unpaired) electrons. The fourth-order valence-electron chi connectivity index (χ4n) is 10.7. The third-order valence-electron chi connectivity index (χ3n) is 15.7. The number of unbranched alkanes of at least 4 members (excludes halogenated alkanes) is 2. The van der Waals surface area contributed by atoms with E-state index in [4.69, 9.17) is 19.6 Å². The van der Waals surface area contributed by atoms with Crippen LogP contribution in [0.15, 0.2) is 72.9 Å². The molecule has 8 amide bonds. The number of phenols is 1. The Balaban J connectivity index is 0.0000123. The van der Waals surface area contributed by atoms with Gasteiger partial charge < -0.3 is 102 Å². The van der Waals surface area contributed by atoms with Gasteiger partial charge in [-0.3, -0.25) is 43.4 Å². The van der Waals surface area contributed by atoms with Gasteiger partial charge in [0.25, 0.3) is 18.2 Å². The van der Waals surface area contributed by atoms with Crippen molar-refractivity contribution in [2.24, 2.45) is 11.7 Å². The summed E-state index contributed by atoms with van der Waals surface area (Å²) in [7, 11) is 0. The molecule has 8 rings (SSSR count). The molecule has 3 aliphatic heterocycles. The largest absolute Gasteiger partial charge is 1.00 e. The molecule has 14 unspecified atom stereocenters. The molecule has 93 heavy (non-hydrogen) atoms. The zero-order valence-corrected chi connectivity index (χ0v) is 54.0. The quantitative estimate of drug-likeness (QED) is 0.0113. The topological polar surface area (TPSA) is 501 Å². The molecular weight excluding hydrogens is 1280 g/mol. The van der Waals surface area contributed by atoms with Gasteiger partial charge in [0, 0.05) is 48.5 Å². The monoisotopic (exact) mass is 1350 g/mol. The van der Waals surface area contributed by atoms with E-state index in [1.807, 2.05) is 29.6 Å². The number of aromatic hydroxyl groups is 1. The van der Waals surface area contributed by atoms with E-state index in [-0.39, 0.29) is 47.4 Å². The first-order chi connectivity index (χ1) is 43.8. The van der Waals surface area contributed by atoms with Crippen molar-refractivity contribution in [3.8, 4) is 39.1 Å². The predicted octanol–water partition coefficient (Wildman–Crippen LogP) is -6.80. The number of aliphatic hydroxyl groups excluding tert-OH is 8. The van der Waals surface area contributed by atoms with E-state index in [9.17, 15) is 89.6 Å². The van der Waals surface area contributed by atoms with Gasteiger partial charge in [-0.25, -0.2) is 9.50 Å². The average molecular weight is 1350 g/mol. The van der Waals surface area contributed by atoms with Crippen LogP contribution in [0.5, 0.6) is 17.2 Å². The number of fused-ring (bicyclic) bond motifs is 3. The molecule has 5 aromatic rings. The van der Waals surface area contributed by atoms with Crippen molar-refractivity contribution < 1.29 is 137 Å². The summed E-state index contributed by atoms with van der Waals surface area (Å²) in [5, 5.41) is 132. The van der Waals surface area contributed by atoms with E-state index < -0.39 is 188 Å². The second-order valence-corrected chi connectivity index (χ2v) is 23.8. The Morgan fingerprint density at radius 3 is 2.15 bits per heavy atom. The molecule has 33 nitrogen and oxygen atoms in total. The molecule has 16 N–H and O–H groups in total. The molecule has 2 aromatic heterocycles. The fraction of sp³-hybridized carbons (Fsp3) is 0.474. The summed E-state index contributed by atoms with van der Waals surface area (Å²) in [5.41, 5.74) is 6.77. The number of aromatic nitrogens is 3. The number of benzene rings is 3. The molecule has 15 atom stereocenters. The van der Waals surface area contributed by atoms with E-state index in [1.165, 1.54) is 30.4 Å². The number of nitrogens with zero attached hydrogens (tertiary/aromatic N) is 5. The van der Waals surface area contributed by atoms with E-state index in [0.717, 1.165) is 55.7 Å². The number of aliphatic hydroxyl groups is 8. The summed E-state index contributed by atoms with van der Waals surface area (Å²) in [4.78, 5) is 120. The van der Waals surface area contributed by atoms with Crippen LogP contribution in [0.2, 0.25) is 0 Å². The number of carbonyl (C=O) groups is 8. The van der Waals surface area contributed by atoms with Crippen molar-refractivity contribution in [1.82, 2.24) is 51.0 Å². The van der Waals surface area contributed by atoms with Crippen molar-refractivity contribution in [1.29, 1.82) is 0 Å². The molecule has 3 aromatic carbocycles. The molecule has 3 saturated heterocycles. The summed E-state index contributed by atoms with van der Waals surface area (Å²) in [6, 6.07) is 3.32. The number of nitrogens with two attached hydrogens (primary N) is 1. The minimum atomic E-state index is -2.57. The molecule has 498 valence electrons. The van der Waals surface area contributed by atoms with Gasteiger partial charge in [-0.1, -0.05) is 56.2 Å². The number of hydrogen-bond acceptors (Lipinski definition) is 26. The number of imidazole rings is 1. The van der Waals surface area contributed by atoms with E-state index >= 15 is 0 Å². The molecule has 3 aliphatic rings. The van der Waals surface area contributed by atoms with Crippen LogP contribution in [-0.2, 0) is 42.9 Å². The normalized spacial score (nSPS) is 25.6. The summed E-state index contributed by atoms with van der Waals surface area (Å²) in [6.07, 6.45) is -15.0. The number of carbonyl (C=O) groups excluding carboxylic acids is 8. The molecule has 0 saturated carbocycles.